The van der Waals surface area contributed by atoms with Crippen molar-refractivity contribution in [2.24, 2.45) is 5.92 Å². The van der Waals surface area contributed by atoms with Crippen molar-refractivity contribution in [3.8, 4) is 0 Å². The smallest absolute Gasteiger partial charge is 0.369 e. The molecular weight excluding hydrogens is 243 g/mol. The zero-order chi connectivity index (χ0) is 12.6. The van der Waals surface area contributed by atoms with Gasteiger partial charge in [0, 0.05) is 13.1 Å². The van der Waals surface area contributed by atoms with E-state index >= 15 is 0 Å². The van der Waals surface area contributed by atoms with Gasteiger partial charge in [-0.1, -0.05) is 0 Å². The standard InChI is InChI=1S/C10H9F5N2/c11-9(12)6-4-17(5-6)7-1-2-8(16-3-7)10(13,14)15/h1-3,6,9H,4-5H2. The fourth-order valence-electron chi connectivity index (χ4n) is 1.62. The van der Waals surface area contributed by atoms with Crippen molar-refractivity contribution in [3.05, 3.63) is 24.0 Å². The first-order valence-electron chi connectivity index (χ1n) is 4.94. The maximum atomic E-state index is 12.2. The van der Waals surface area contributed by atoms with Crippen LogP contribution in [0.25, 0.3) is 0 Å². The molecule has 0 atom stereocenters. The molecule has 0 saturated carbocycles. The number of hydrogen-bond donors (Lipinski definition) is 0. The fourth-order valence-corrected chi connectivity index (χ4v) is 1.62. The molecule has 2 nitrogen and oxygen atoms in total. The third-order valence-electron chi connectivity index (χ3n) is 2.67. The average Bonchev–Trinajstić information content (AvgIpc) is 2.14. The minimum Gasteiger partial charge on any atom is -0.369 e. The van der Waals surface area contributed by atoms with E-state index in [-0.39, 0.29) is 13.1 Å². The van der Waals surface area contributed by atoms with Gasteiger partial charge >= 0.3 is 6.18 Å². The Morgan fingerprint density at radius 1 is 1.24 bits per heavy atom. The molecule has 0 unspecified atom stereocenters. The third-order valence-corrected chi connectivity index (χ3v) is 2.67. The van der Waals surface area contributed by atoms with E-state index in [9.17, 15) is 22.0 Å². The molecule has 0 spiro atoms. The second kappa shape index (κ2) is 4.12. The van der Waals surface area contributed by atoms with Crippen molar-refractivity contribution in [3.63, 3.8) is 0 Å². The van der Waals surface area contributed by atoms with Crippen molar-refractivity contribution in [1.29, 1.82) is 0 Å². The Bertz CT molecular complexity index is 381. The van der Waals surface area contributed by atoms with Crippen molar-refractivity contribution < 1.29 is 22.0 Å². The number of anilines is 1. The van der Waals surface area contributed by atoms with E-state index in [1.165, 1.54) is 6.07 Å². The number of hydrogen-bond acceptors (Lipinski definition) is 2. The zero-order valence-corrected chi connectivity index (χ0v) is 8.59. The molecule has 1 fully saturated rings. The third kappa shape index (κ3) is 2.48. The highest BCUT2D eigenvalue weighted by molar-refractivity contribution is 5.47. The minimum atomic E-state index is -4.47. The van der Waals surface area contributed by atoms with E-state index in [0.717, 1.165) is 12.3 Å². The predicted molar refractivity (Wildman–Crippen MR) is 50.9 cm³/mol. The normalized spacial score (nSPS) is 17.4. The summed E-state index contributed by atoms with van der Waals surface area (Å²) in [5.41, 5.74) is -0.540. The summed E-state index contributed by atoms with van der Waals surface area (Å²) >= 11 is 0. The van der Waals surface area contributed by atoms with Crippen LogP contribution in [0.2, 0.25) is 0 Å². The summed E-state index contributed by atoms with van der Waals surface area (Å²) in [6.45, 7) is 0.315. The molecule has 1 saturated heterocycles. The van der Waals surface area contributed by atoms with E-state index in [0.29, 0.717) is 5.69 Å². The van der Waals surface area contributed by atoms with Crippen LogP contribution in [0.15, 0.2) is 18.3 Å². The van der Waals surface area contributed by atoms with Crippen molar-refractivity contribution in [2.45, 2.75) is 12.6 Å². The van der Waals surface area contributed by atoms with Gasteiger partial charge in [-0.2, -0.15) is 13.2 Å². The molecule has 0 amide bonds. The number of pyridine rings is 1. The van der Waals surface area contributed by atoms with Gasteiger partial charge in [0.05, 0.1) is 17.8 Å². The number of alkyl halides is 5. The lowest BCUT2D eigenvalue weighted by molar-refractivity contribution is -0.141. The predicted octanol–water partition coefficient (Wildman–Crippen LogP) is 2.80. The van der Waals surface area contributed by atoms with Crippen molar-refractivity contribution in [1.82, 2.24) is 4.98 Å². The molecule has 1 aliphatic heterocycles. The molecule has 1 aromatic rings. The van der Waals surface area contributed by atoms with Crippen LogP contribution in [0.1, 0.15) is 5.69 Å². The quantitative estimate of drug-likeness (QED) is 0.752. The Morgan fingerprint density at radius 3 is 2.29 bits per heavy atom. The minimum absolute atomic E-state index is 0.157. The second-order valence-corrected chi connectivity index (χ2v) is 3.90. The molecule has 0 aromatic carbocycles. The number of halogens is 5. The summed E-state index contributed by atoms with van der Waals surface area (Å²) in [4.78, 5) is 4.84. The van der Waals surface area contributed by atoms with Crippen LogP contribution in [0, 0.1) is 5.92 Å². The average molecular weight is 252 g/mol. The molecule has 2 heterocycles. The zero-order valence-electron chi connectivity index (χ0n) is 8.59. The molecule has 0 aliphatic carbocycles. The highest BCUT2D eigenvalue weighted by Crippen LogP contribution is 2.31. The number of aromatic nitrogens is 1. The lowest BCUT2D eigenvalue weighted by atomic mass is 10.0. The summed E-state index contributed by atoms with van der Waals surface area (Å²) in [5, 5.41) is 0. The fraction of sp³-hybridized carbons (Fsp3) is 0.500. The highest BCUT2D eigenvalue weighted by Gasteiger charge is 2.35. The summed E-state index contributed by atoms with van der Waals surface area (Å²) in [6.07, 6.45) is -5.79. The first-order chi connectivity index (χ1) is 7.88. The molecular formula is C10H9F5N2. The van der Waals surface area contributed by atoms with Crippen molar-refractivity contribution in [2.75, 3.05) is 18.0 Å². The van der Waals surface area contributed by atoms with Gasteiger partial charge in [-0.05, 0) is 12.1 Å². The Hall–Kier alpha value is -1.40. The van der Waals surface area contributed by atoms with Gasteiger partial charge in [0.2, 0.25) is 6.43 Å². The van der Waals surface area contributed by atoms with Crippen LogP contribution in [0.3, 0.4) is 0 Å². The topological polar surface area (TPSA) is 16.1 Å². The molecule has 7 heteroatoms. The monoisotopic (exact) mass is 252 g/mol. The van der Waals surface area contributed by atoms with E-state index in [1.807, 2.05) is 0 Å². The van der Waals surface area contributed by atoms with Crippen LogP contribution in [0.5, 0.6) is 0 Å². The second-order valence-electron chi connectivity index (χ2n) is 3.90. The van der Waals surface area contributed by atoms with E-state index in [4.69, 9.17) is 0 Å². The Kier molecular flexibility index (Phi) is 2.92. The summed E-state index contributed by atoms with van der Waals surface area (Å²) in [6, 6.07) is 2.10. The molecule has 1 aliphatic rings. The van der Waals surface area contributed by atoms with Gasteiger partial charge in [0.25, 0.3) is 0 Å². The molecule has 0 bridgehead atoms. The number of rotatable bonds is 2. The molecule has 2 rings (SSSR count). The van der Waals surface area contributed by atoms with Crippen molar-refractivity contribution >= 4 is 5.69 Å². The summed E-state index contributed by atoms with van der Waals surface area (Å²) in [7, 11) is 0. The molecule has 0 radical (unpaired) electrons. The lowest BCUT2D eigenvalue weighted by Crippen LogP contribution is -2.50. The van der Waals surface area contributed by atoms with Crippen LogP contribution in [-0.4, -0.2) is 24.5 Å². The maximum Gasteiger partial charge on any atom is 0.433 e. The number of nitrogens with zero attached hydrogens (tertiary/aromatic N) is 2. The SMILES string of the molecule is FC(F)C1CN(c2ccc(C(F)(F)F)nc2)C1. The lowest BCUT2D eigenvalue weighted by Gasteiger charge is -2.40. The molecule has 0 N–H and O–H groups in total. The van der Waals surface area contributed by atoms with Crippen LogP contribution in [-0.2, 0) is 6.18 Å². The Labute approximate surface area is 94.1 Å². The summed E-state index contributed by atoms with van der Waals surface area (Å²) in [5.74, 6) is -0.697. The van der Waals surface area contributed by atoms with Gasteiger partial charge in [-0.15, -0.1) is 0 Å². The largest absolute Gasteiger partial charge is 0.433 e. The molecule has 94 valence electrons. The van der Waals surface area contributed by atoms with Crippen LogP contribution < -0.4 is 4.90 Å². The highest BCUT2D eigenvalue weighted by atomic mass is 19.4. The van der Waals surface area contributed by atoms with Gasteiger partial charge in [0.1, 0.15) is 5.69 Å². The van der Waals surface area contributed by atoms with E-state index in [2.05, 4.69) is 4.98 Å². The molecule has 1 aromatic heterocycles. The van der Waals surface area contributed by atoms with Crippen LogP contribution in [0.4, 0.5) is 27.6 Å². The first kappa shape index (κ1) is 12.1. The maximum absolute atomic E-state index is 12.2. The van der Waals surface area contributed by atoms with Gasteiger partial charge in [-0.25, -0.2) is 13.8 Å². The van der Waals surface area contributed by atoms with Gasteiger partial charge < -0.3 is 4.90 Å². The van der Waals surface area contributed by atoms with E-state index in [1.54, 1.807) is 4.90 Å². The van der Waals surface area contributed by atoms with Gasteiger partial charge in [0.15, 0.2) is 0 Å². The first-order valence-corrected chi connectivity index (χ1v) is 4.94. The van der Waals surface area contributed by atoms with E-state index < -0.39 is 24.2 Å². The Morgan fingerprint density at radius 2 is 1.88 bits per heavy atom. The molecule has 17 heavy (non-hydrogen) atoms. The van der Waals surface area contributed by atoms with Gasteiger partial charge in [-0.3, -0.25) is 0 Å². The van der Waals surface area contributed by atoms with Crippen LogP contribution >= 0.6 is 0 Å². The summed E-state index contributed by atoms with van der Waals surface area (Å²) < 4.78 is 61.0. The Balaban J connectivity index is 2.01.